The van der Waals surface area contributed by atoms with Gasteiger partial charge in [-0.05, 0) is 77.4 Å². The van der Waals surface area contributed by atoms with Gasteiger partial charge in [0, 0.05) is 4.47 Å². The quantitative estimate of drug-likeness (QED) is 0.287. The molecule has 1 fully saturated rings. The molecule has 1 heterocycles. The van der Waals surface area contributed by atoms with Gasteiger partial charge in [0.15, 0.2) is 11.5 Å². The number of ether oxygens (including phenoxy) is 3. The van der Waals surface area contributed by atoms with Crippen molar-refractivity contribution < 1.29 is 33.4 Å². The van der Waals surface area contributed by atoms with Crippen molar-refractivity contribution in [2.24, 2.45) is 0 Å². The lowest BCUT2D eigenvalue weighted by molar-refractivity contribution is -0.149. The van der Waals surface area contributed by atoms with Crippen molar-refractivity contribution >= 4 is 56.9 Å². The van der Waals surface area contributed by atoms with E-state index in [1.54, 1.807) is 50.2 Å². The van der Waals surface area contributed by atoms with Crippen LogP contribution in [0.15, 0.2) is 51.8 Å². The Kier molecular flexibility index (Phi) is 7.93. The first-order valence-corrected chi connectivity index (χ1v) is 11.4. The predicted octanol–water partition coefficient (Wildman–Crippen LogP) is 4.66. The summed E-state index contributed by atoms with van der Waals surface area (Å²) < 4.78 is 16.4. The van der Waals surface area contributed by atoms with Gasteiger partial charge in [-0.25, -0.2) is 4.79 Å². The van der Waals surface area contributed by atoms with Crippen LogP contribution >= 0.6 is 27.7 Å². The van der Waals surface area contributed by atoms with E-state index in [9.17, 15) is 19.2 Å². The molecule has 0 saturated carbocycles. The zero-order chi connectivity index (χ0) is 24.1. The number of carbonyl (C=O) groups excluding carboxylic acids is 4. The molecule has 2 aromatic rings. The second-order valence-corrected chi connectivity index (χ2v) is 8.93. The summed E-state index contributed by atoms with van der Waals surface area (Å²) in [6, 6.07) is 11.6. The molecular weight excluding hydrogens is 514 g/mol. The van der Waals surface area contributed by atoms with E-state index in [0.717, 1.165) is 16.7 Å². The van der Waals surface area contributed by atoms with Crippen molar-refractivity contribution in [2.45, 2.75) is 20.0 Å². The summed E-state index contributed by atoms with van der Waals surface area (Å²) in [4.78, 5) is 50.1. The summed E-state index contributed by atoms with van der Waals surface area (Å²) in [7, 11) is 1.42. The Morgan fingerprint density at radius 1 is 1.12 bits per heavy atom. The molecule has 10 heteroatoms. The molecule has 0 bridgehead atoms. The molecule has 33 heavy (non-hydrogen) atoms. The molecule has 172 valence electrons. The number of methoxy groups -OCH3 is 1. The van der Waals surface area contributed by atoms with Gasteiger partial charge in [-0.2, -0.15) is 0 Å². The minimum absolute atomic E-state index is 0.150. The molecule has 0 aliphatic carbocycles. The van der Waals surface area contributed by atoms with E-state index in [4.69, 9.17) is 14.2 Å². The molecule has 1 aliphatic heterocycles. The largest absolute Gasteiger partial charge is 0.493 e. The molecule has 2 aromatic carbocycles. The number of halogens is 1. The number of rotatable bonds is 7. The minimum atomic E-state index is -0.661. The Morgan fingerprint density at radius 3 is 2.52 bits per heavy atom. The van der Waals surface area contributed by atoms with E-state index >= 15 is 0 Å². The minimum Gasteiger partial charge on any atom is -0.493 e. The maximum Gasteiger partial charge on any atom is 0.344 e. The molecule has 8 nitrogen and oxygen atoms in total. The fraction of sp³-hybridized carbons (Fsp3) is 0.217. The molecule has 1 saturated heterocycles. The van der Waals surface area contributed by atoms with Crippen LogP contribution in [-0.4, -0.2) is 47.7 Å². The maximum absolute atomic E-state index is 12.6. The van der Waals surface area contributed by atoms with Gasteiger partial charge in [-0.1, -0.05) is 18.2 Å². The molecule has 1 aliphatic rings. The van der Waals surface area contributed by atoms with Gasteiger partial charge in [0.2, 0.25) is 0 Å². The first-order valence-electron chi connectivity index (χ1n) is 9.79. The molecule has 0 radical (unpaired) electrons. The number of amides is 2. The first kappa shape index (κ1) is 24.5. The number of hydrogen-bond acceptors (Lipinski definition) is 8. The number of nitrogens with zero attached hydrogens (tertiary/aromatic N) is 1. The summed E-state index contributed by atoms with van der Waals surface area (Å²) in [5, 5.41) is -0.557. The normalized spacial score (nSPS) is 14.7. The Morgan fingerprint density at radius 2 is 1.85 bits per heavy atom. The zero-order valence-corrected chi connectivity index (χ0v) is 20.4. The van der Waals surface area contributed by atoms with Crippen LogP contribution in [0.4, 0.5) is 4.79 Å². The van der Waals surface area contributed by atoms with Crippen LogP contribution in [-0.2, 0) is 14.3 Å². The number of esters is 2. The van der Waals surface area contributed by atoms with Gasteiger partial charge in [-0.15, -0.1) is 0 Å². The van der Waals surface area contributed by atoms with Crippen LogP contribution in [0.3, 0.4) is 0 Å². The van der Waals surface area contributed by atoms with Gasteiger partial charge >= 0.3 is 11.9 Å². The van der Waals surface area contributed by atoms with Crippen molar-refractivity contribution in [3.8, 4) is 11.5 Å². The number of carbonyl (C=O) groups is 4. The third kappa shape index (κ3) is 6.02. The Hall–Kier alpha value is -3.11. The average Bonchev–Trinajstić information content (AvgIpc) is 3.01. The topological polar surface area (TPSA) is 99.2 Å². The van der Waals surface area contributed by atoms with E-state index < -0.39 is 29.6 Å². The second kappa shape index (κ2) is 10.7. The Balaban J connectivity index is 1.77. The summed E-state index contributed by atoms with van der Waals surface area (Å²) in [6.07, 6.45) is 1.15. The summed E-state index contributed by atoms with van der Waals surface area (Å²) in [5.41, 5.74) is 0.899. The lowest BCUT2D eigenvalue weighted by atomic mass is 10.1. The van der Waals surface area contributed by atoms with Crippen molar-refractivity contribution in [2.75, 3.05) is 13.7 Å². The smallest absolute Gasteiger partial charge is 0.344 e. The SMILES string of the molecule is COc1cc(/C=C2\SC(=O)N(CC(=O)OC(C)C)C2=O)ccc1OC(=O)c1ccccc1Br. The molecule has 0 unspecified atom stereocenters. The van der Waals surface area contributed by atoms with E-state index in [-0.39, 0.29) is 22.5 Å². The average molecular weight is 534 g/mol. The number of imide groups is 1. The first-order chi connectivity index (χ1) is 15.7. The highest BCUT2D eigenvalue weighted by Crippen LogP contribution is 2.35. The lowest BCUT2D eigenvalue weighted by Gasteiger charge is -2.13. The highest BCUT2D eigenvalue weighted by molar-refractivity contribution is 9.10. The van der Waals surface area contributed by atoms with Crippen LogP contribution in [0.25, 0.3) is 6.08 Å². The summed E-state index contributed by atoms with van der Waals surface area (Å²) in [6.45, 7) is 2.91. The van der Waals surface area contributed by atoms with Gasteiger partial charge < -0.3 is 14.2 Å². The molecule has 2 amide bonds. The monoisotopic (exact) mass is 533 g/mol. The van der Waals surface area contributed by atoms with Crippen LogP contribution in [0.1, 0.15) is 29.8 Å². The fourth-order valence-electron chi connectivity index (χ4n) is 2.86. The van der Waals surface area contributed by atoms with Crippen molar-refractivity contribution in [1.29, 1.82) is 0 Å². The Labute approximate surface area is 203 Å². The van der Waals surface area contributed by atoms with Crippen LogP contribution < -0.4 is 9.47 Å². The lowest BCUT2D eigenvalue weighted by Crippen LogP contribution is -2.35. The molecule has 0 spiro atoms. The van der Waals surface area contributed by atoms with Gasteiger partial charge in [0.05, 0.1) is 23.7 Å². The summed E-state index contributed by atoms with van der Waals surface area (Å²) >= 11 is 4.04. The van der Waals surface area contributed by atoms with Crippen LogP contribution in [0.5, 0.6) is 11.5 Å². The molecule has 3 rings (SSSR count). The third-order valence-electron chi connectivity index (χ3n) is 4.31. The van der Waals surface area contributed by atoms with Crippen molar-refractivity contribution in [3.63, 3.8) is 0 Å². The van der Waals surface area contributed by atoms with Gasteiger partial charge in [-0.3, -0.25) is 19.3 Å². The molecule has 0 aromatic heterocycles. The molecule has 0 atom stereocenters. The third-order valence-corrected chi connectivity index (χ3v) is 5.91. The fourth-order valence-corrected chi connectivity index (χ4v) is 4.14. The van der Waals surface area contributed by atoms with Crippen molar-refractivity contribution in [3.05, 3.63) is 63.0 Å². The number of thioether (sulfide) groups is 1. The van der Waals surface area contributed by atoms with Crippen LogP contribution in [0, 0.1) is 0 Å². The number of hydrogen-bond donors (Lipinski definition) is 0. The highest BCUT2D eigenvalue weighted by atomic mass is 79.9. The van der Waals surface area contributed by atoms with Crippen LogP contribution in [0.2, 0.25) is 0 Å². The second-order valence-electron chi connectivity index (χ2n) is 7.09. The molecule has 0 N–H and O–H groups in total. The maximum atomic E-state index is 12.6. The number of benzene rings is 2. The zero-order valence-electron chi connectivity index (χ0n) is 18.0. The van der Waals surface area contributed by atoms with E-state index in [1.807, 2.05) is 0 Å². The standard InChI is InChI=1S/C23H20BrNO7S/c1-13(2)31-20(26)12-25-21(27)19(33-23(25)29)11-14-8-9-17(18(10-14)30-3)32-22(28)15-6-4-5-7-16(15)24/h4-11,13H,12H2,1-3H3/b19-11-. The highest BCUT2D eigenvalue weighted by Gasteiger charge is 2.36. The molecular formula is C23H20BrNO7S. The Bertz CT molecular complexity index is 1150. The summed E-state index contributed by atoms with van der Waals surface area (Å²) in [5.74, 6) is -1.35. The van der Waals surface area contributed by atoms with Crippen molar-refractivity contribution in [1.82, 2.24) is 4.90 Å². The van der Waals surface area contributed by atoms with Gasteiger partial charge in [0.25, 0.3) is 11.1 Å². The van der Waals surface area contributed by atoms with E-state index in [0.29, 0.717) is 15.6 Å². The van der Waals surface area contributed by atoms with E-state index in [1.165, 1.54) is 19.3 Å². The van der Waals surface area contributed by atoms with Gasteiger partial charge in [0.1, 0.15) is 6.54 Å². The van der Waals surface area contributed by atoms with E-state index in [2.05, 4.69) is 15.9 Å². The predicted molar refractivity (Wildman–Crippen MR) is 126 cm³/mol.